The van der Waals surface area contributed by atoms with Gasteiger partial charge in [0.2, 0.25) is 0 Å². The molecule has 0 amide bonds. The second kappa shape index (κ2) is 15.3. The molecule has 0 unspecified atom stereocenters. The quantitative estimate of drug-likeness (QED) is 0.123. The highest BCUT2D eigenvalue weighted by Gasteiger charge is 2.30. The predicted molar refractivity (Wildman–Crippen MR) is 177 cm³/mol. The molecule has 0 spiro atoms. The molecule has 0 saturated heterocycles. The van der Waals surface area contributed by atoms with Gasteiger partial charge in [0.05, 0.1) is 0 Å². The van der Waals surface area contributed by atoms with Crippen LogP contribution in [-0.2, 0) is 10.8 Å². The number of aromatic amines is 6. The molecule has 0 aliphatic heterocycles. The van der Waals surface area contributed by atoms with Gasteiger partial charge in [-0.05, 0) is 34.6 Å². The summed E-state index contributed by atoms with van der Waals surface area (Å²) in [6, 6.07) is 36.5. The highest BCUT2D eigenvalue weighted by Crippen LogP contribution is 2.41. The molecule has 11 N–H and O–H groups in total. The molecule has 0 atom stereocenters. The van der Waals surface area contributed by atoms with Gasteiger partial charge in [-0.3, -0.25) is 0 Å². The van der Waals surface area contributed by atoms with E-state index in [1.807, 2.05) is 89.7 Å². The molecule has 8 aromatic rings. The number of fused-ring (bicyclic) bond motifs is 4. The summed E-state index contributed by atoms with van der Waals surface area (Å²) < 4.78 is 4.17. The summed E-state index contributed by atoms with van der Waals surface area (Å²) in [7, 11) is 0. The second-order valence-electron chi connectivity index (χ2n) is 11.8. The van der Waals surface area contributed by atoms with Gasteiger partial charge in [-0.2, -0.15) is 0 Å². The summed E-state index contributed by atoms with van der Waals surface area (Å²) >= 11 is 0. The molecule has 4 aromatic heterocycles. The highest BCUT2D eigenvalue weighted by molar-refractivity contribution is 5.79. The standard InChI is InChI=1S/C20H25N3O.2C6H6.2H3N3.2H2O/c1-19(2,3)13-11-14(20(4,5)6)18(24)17(12-13)23-21-15-9-7-8-10-16(15)22(21)23;2*1-2-4-6-5-3-1;2*1-2-3-1;;/h7-12,24H,1-6H3;2*1-6H;2*1-3H;2*1H2. The first-order valence-electron chi connectivity index (χ1n) is 14.0. The Morgan fingerprint density at radius 3 is 1.11 bits per heavy atom. The maximum Gasteiger partial charge on any atom is 0.146 e. The van der Waals surface area contributed by atoms with Gasteiger partial charge in [0.25, 0.3) is 0 Å². The van der Waals surface area contributed by atoms with E-state index in [1.165, 1.54) is 16.6 Å². The van der Waals surface area contributed by atoms with E-state index in [1.54, 1.807) is 0 Å². The van der Waals surface area contributed by atoms with Gasteiger partial charge in [0.15, 0.2) is 0 Å². The van der Waals surface area contributed by atoms with Crippen molar-refractivity contribution in [3.05, 3.63) is 120 Å². The summed E-state index contributed by atoms with van der Waals surface area (Å²) in [6.07, 6.45) is 0. The van der Waals surface area contributed by atoms with E-state index < -0.39 is 0 Å². The van der Waals surface area contributed by atoms with Gasteiger partial charge in [0, 0.05) is 5.56 Å². The zero-order valence-electron chi connectivity index (χ0n) is 26.2. The highest BCUT2D eigenvalue weighted by atomic mass is 16.3. The number of phenols is 1. The van der Waals surface area contributed by atoms with Crippen LogP contribution in [0.3, 0.4) is 0 Å². The van der Waals surface area contributed by atoms with E-state index in [2.05, 4.69) is 106 Å². The molecule has 44 heavy (non-hydrogen) atoms. The Balaban J connectivity index is 0.000000272. The van der Waals surface area contributed by atoms with Gasteiger partial charge in [-0.15, -0.1) is 14.1 Å². The van der Waals surface area contributed by atoms with Crippen molar-refractivity contribution in [1.82, 2.24) is 45.3 Å². The maximum atomic E-state index is 11.0. The van der Waals surface area contributed by atoms with Crippen LogP contribution in [0, 0.1) is 0 Å². The molecule has 0 aliphatic rings. The second-order valence-corrected chi connectivity index (χ2v) is 11.8. The molecule has 4 heterocycles. The van der Waals surface area contributed by atoms with Crippen LogP contribution in [0.5, 0.6) is 5.75 Å². The number of nitrogens with zero attached hydrogens (tertiary/aromatic N) is 3. The van der Waals surface area contributed by atoms with Crippen LogP contribution < -0.4 is 0 Å². The predicted octanol–water partition coefficient (Wildman–Crippen LogP) is 5.79. The average Bonchev–Trinajstić information content (AvgIpc) is 3.83. The first kappa shape index (κ1) is 35.0. The minimum Gasteiger partial charge on any atom is -0.505 e. The molecule has 0 fully saturated rings. The van der Waals surface area contributed by atoms with Crippen LogP contribution in [0.15, 0.2) is 109 Å². The number of phenolic OH excluding ortho intramolecular Hbond substituents is 1. The lowest BCUT2D eigenvalue weighted by atomic mass is 9.80. The molecular formula is C32H47N9O3. The summed E-state index contributed by atoms with van der Waals surface area (Å²) in [5.41, 5.74) is 5.33. The van der Waals surface area contributed by atoms with E-state index in [-0.39, 0.29) is 21.8 Å². The third-order valence-electron chi connectivity index (χ3n) is 6.38. The Labute approximate surface area is 256 Å². The van der Waals surface area contributed by atoms with Crippen molar-refractivity contribution >= 4 is 11.0 Å². The fourth-order valence-corrected chi connectivity index (χ4v) is 4.04. The van der Waals surface area contributed by atoms with Crippen molar-refractivity contribution in [2.45, 2.75) is 52.4 Å². The number of rotatable bonds is 1. The van der Waals surface area contributed by atoms with E-state index >= 15 is 0 Å². The van der Waals surface area contributed by atoms with Gasteiger partial charge < -0.3 is 16.1 Å². The summed E-state index contributed by atoms with van der Waals surface area (Å²) in [6.45, 7) is 13.1. The van der Waals surface area contributed by atoms with Crippen LogP contribution >= 0.6 is 0 Å². The minimum atomic E-state index is -0.118. The van der Waals surface area contributed by atoms with Crippen LogP contribution in [0.1, 0.15) is 52.7 Å². The van der Waals surface area contributed by atoms with Crippen molar-refractivity contribution < 1.29 is 16.1 Å². The van der Waals surface area contributed by atoms with Gasteiger partial charge in [-0.1, -0.05) is 133 Å². The van der Waals surface area contributed by atoms with Gasteiger partial charge >= 0.3 is 0 Å². The Morgan fingerprint density at radius 1 is 0.500 bits per heavy atom. The number of nitrogens with one attached hydrogen (secondary N) is 6. The van der Waals surface area contributed by atoms with E-state index in [9.17, 15) is 5.11 Å². The lowest BCUT2D eigenvalue weighted by Gasteiger charge is -2.26. The maximum absolute atomic E-state index is 11.0. The van der Waals surface area contributed by atoms with E-state index in [0.29, 0.717) is 5.75 Å². The third-order valence-corrected chi connectivity index (χ3v) is 6.38. The van der Waals surface area contributed by atoms with Crippen LogP contribution in [-0.4, -0.2) is 61.4 Å². The topological polar surface area (TPSA) is 192 Å². The Bertz CT molecular complexity index is 1600. The zero-order chi connectivity index (χ0) is 30.2. The van der Waals surface area contributed by atoms with Gasteiger partial charge in [0.1, 0.15) is 22.5 Å². The molecule has 0 radical (unpaired) electrons. The molecule has 4 aromatic carbocycles. The molecule has 0 saturated carbocycles. The molecule has 0 aliphatic carbocycles. The largest absolute Gasteiger partial charge is 0.505 e. The number of benzene rings is 4. The van der Waals surface area contributed by atoms with Crippen LogP contribution in [0.4, 0.5) is 0 Å². The smallest absolute Gasteiger partial charge is 0.146 e. The minimum absolute atomic E-state index is 0. The normalized spacial score (nSPS) is 10.7. The third kappa shape index (κ3) is 9.68. The number of hydrogen-bond donors (Lipinski definition) is 7. The molecule has 12 heteroatoms. The van der Waals surface area contributed by atoms with Crippen molar-refractivity contribution in [2.75, 3.05) is 0 Å². The van der Waals surface area contributed by atoms with Crippen LogP contribution in [0.25, 0.3) is 16.7 Å². The van der Waals surface area contributed by atoms with Crippen molar-refractivity contribution in [2.24, 2.45) is 0 Å². The summed E-state index contributed by atoms with van der Waals surface area (Å²) in [5.74, 6) is 0.371. The van der Waals surface area contributed by atoms with Gasteiger partial charge in [-0.25, -0.2) is 31.3 Å². The lowest BCUT2D eigenvalue weighted by molar-refractivity contribution is 0.441. The first-order chi connectivity index (χ1) is 20.1. The number of hydrogen-bond acceptors (Lipinski definition) is 1. The molecule has 8 rings (SSSR count). The first-order valence-corrected chi connectivity index (χ1v) is 14.0. The number of para-hydroxylation sites is 2. The Morgan fingerprint density at radius 2 is 0.841 bits per heavy atom. The van der Waals surface area contributed by atoms with Crippen LogP contribution in [0.2, 0.25) is 0 Å². The lowest BCUT2D eigenvalue weighted by Crippen LogP contribution is -2.17. The molecule has 0 bridgehead atoms. The van der Waals surface area contributed by atoms with E-state index in [0.717, 1.165) is 11.3 Å². The van der Waals surface area contributed by atoms with Crippen molar-refractivity contribution in [3.63, 3.8) is 0 Å². The average molecular weight is 606 g/mol. The number of H-pyrrole nitrogens is 6. The monoisotopic (exact) mass is 605 g/mol. The van der Waals surface area contributed by atoms with Crippen molar-refractivity contribution in [3.8, 4) is 11.4 Å². The summed E-state index contributed by atoms with van der Waals surface area (Å²) in [5, 5.41) is 26.0. The molecule has 12 nitrogen and oxygen atoms in total. The fourth-order valence-electron chi connectivity index (χ4n) is 4.04. The Hall–Kier alpha value is -5.20. The van der Waals surface area contributed by atoms with Crippen molar-refractivity contribution in [1.29, 1.82) is 0 Å². The molecule has 238 valence electrons. The Kier molecular flexibility index (Phi) is 12.2. The number of aromatic hydroxyl groups is 1. The number of aromatic nitrogens is 9. The molecular weight excluding hydrogens is 558 g/mol. The SMILES string of the molecule is CC(C)(C)c1cc(-n2n3c4ccccc4n23)c(O)c(C(C)(C)C)c1.O.O.[nH]1[nH][nH]1.[nH]1[nH][nH]1.c1ccccc1.c1ccccc1. The van der Waals surface area contributed by atoms with E-state index in [4.69, 9.17) is 0 Å². The zero-order valence-corrected chi connectivity index (χ0v) is 26.2. The fraction of sp³-hybridized carbons (Fsp3) is 0.250. The summed E-state index contributed by atoms with van der Waals surface area (Å²) in [4.78, 5) is 2.05.